The van der Waals surface area contributed by atoms with Crippen molar-refractivity contribution in [1.82, 2.24) is 0 Å². The molecule has 0 aliphatic carbocycles. The van der Waals surface area contributed by atoms with Crippen LogP contribution >= 0.6 is 0 Å². The highest BCUT2D eigenvalue weighted by atomic mass is 16.7. The molecule has 2 rings (SSSR count). The molecule has 0 amide bonds. The fourth-order valence-corrected chi connectivity index (χ4v) is 7.65. The predicted molar refractivity (Wildman–Crippen MR) is 266 cm³/mol. The third-order valence-corrected chi connectivity index (χ3v) is 11.9. The van der Waals surface area contributed by atoms with E-state index in [1.165, 1.54) is 32.1 Å². The Labute approximate surface area is 412 Å². The van der Waals surface area contributed by atoms with Gasteiger partial charge in [0.25, 0.3) is 0 Å². The Bertz CT molecular complexity index is 1480. The van der Waals surface area contributed by atoms with Gasteiger partial charge in [-0.1, -0.05) is 138 Å². The maximum atomic E-state index is 13.0. The van der Waals surface area contributed by atoms with Gasteiger partial charge in [-0.3, -0.25) is 9.59 Å². The van der Waals surface area contributed by atoms with E-state index in [9.17, 15) is 45.3 Å². The number of carbonyl (C=O) groups excluding carboxylic acids is 2. The number of unbranched alkanes of at least 4 members (excludes halogenated alkanes) is 13. The highest BCUT2D eigenvalue weighted by molar-refractivity contribution is 5.70. The van der Waals surface area contributed by atoms with E-state index >= 15 is 0 Å². The van der Waals surface area contributed by atoms with Gasteiger partial charge in [-0.05, 0) is 83.5 Å². The fraction of sp³-hybridized carbons (Fsp3) is 0.741. The molecule has 0 radical (unpaired) electrons. The van der Waals surface area contributed by atoms with Gasteiger partial charge >= 0.3 is 11.9 Å². The lowest BCUT2D eigenvalue weighted by Gasteiger charge is -2.42. The summed E-state index contributed by atoms with van der Waals surface area (Å²) in [6.07, 6.45) is 30.7. The summed E-state index contributed by atoms with van der Waals surface area (Å²) in [5.41, 5.74) is 0. The molecule has 69 heavy (non-hydrogen) atoms. The van der Waals surface area contributed by atoms with E-state index in [0.717, 1.165) is 89.9 Å². The van der Waals surface area contributed by atoms with Gasteiger partial charge in [-0.25, -0.2) is 0 Å². The highest BCUT2D eigenvalue weighted by Gasteiger charge is 2.47. The first kappa shape index (κ1) is 62.1. The van der Waals surface area contributed by atoms with E-state index in [-0.39, 0.29) is 19.4 Å². The zero-order chi connectivity index (χ0) is 50.3. The normalized spacial score (nSPS) is 26.2. The van der Waals surface area contributed by atoms with Crippen LogP contribution < -0.4 is 0 Å². The number of hydrogen-bond donors (Lipinski definition) is 7. The first-order chi connectivity index (χ1) is 33.5. The zero-order valence-corrected chi connectivity index (χ0v) is 41.8. The van der Waals surface area contributed by atoms with Crippen LogP contribution in [-0.4, -0.2) is 142 Å². The first-order valence-corrected chi connectivity index (χ1v) is 26.0. The average molecular weight is 979 g/mol. The molecule has 0 bridgehead atoms. The minimum atomic E-state index is -1.78. The number of carbonyl (C=O) groups is 2. The fourth-order valence-electron chi connectivity index (χ4n) is 7.65. The second kappa shape index (κ2) is 40.5. The maximum absolute atomic E-state index is 13.0. The van der Waals surface area contributed by atoms with Crippen LogP contribution in [0.15, 0.2) is 72.9 Å². The van der Waals surface area contributed by atoms with E-state index in [0.29, 0.717) is 12.8 Å². The second-order valence-electron chi connectivity index (χ2n) is 18.0. The minimum absolute atomic E-state index is 0.121. The van der Waals surface area contributed by atoms with Crippen molar-refractivity contribution in [2.45, 2.75) is 229 Å². The number of aliphatic hydroxyl groups excluding tert-OH is 7. The molecule has 0 saturated carbocycles. The summed E-state index contributed by atoms with van der Waals surface area (Å²) in [6.45, 7) is 2.41. The van der Waals surface area contributed by atoms with Crippen LogP contribution in [0.2, 0.25) is 0 Å². The van der Waals surface area contributed by atoms with E-state index < -0.39 is 99.3 Å². The number of rotatable bonds is 39. The molecule has 2 heterocycles. The number of ether oxygens (including phenoxy) is 6. The lowest BCUT2D eigenvalue weighted by molar-refractivity contribution is -0.332. The SMILES string of the molecule is CC/C=C\C/C=C\C/C=C\C/C=C\C/C=C\CCCCCC(=O)OC(COC(=O)CCCCCCC/C=C\CCCCCCC)COC1OC(COC2OC(CO)C(O)C(O)C2O)C(O)C(O)C1O. The van der Waals surface area contributed by atoms with Crippen LogP contribution in [0.25, 0.3) is 0 Å². The molecule has 0 aromatic rings. The Morgan fingerprint density at radius 3 is 1.46 bits per heavy atom. The molecule has 2 aliphatic rings. The van der Waals surface area contributed by atoms with E-state index in [4.69, 9.17) is 28.4 Å². The van der Waals surface area contributed by atoms with E-state index in [2.05, 4.69) is 86.8 Å². The first-order valence-electron chi connectivity index (χ1n) is 26.0. The van der Waals surface area contributed by atoms with Crippen molar-refractivity contribution in [1.29, 1.82) is 0 Å². The van der Waals surface area contributed by atoms with Crippen molar-refractivity contribution in [2.75, 3.05) is 26.4 Å². The molecular weight excluding hydrogens is 889 g/mol. The molecular formula is C54H90O15. The molecule has 2 fully saturated rings. The lowest BCUT2D eigenvalue weighted by atomic mass is 9.98. The Morgan fingerprint density at radius 1 is 0.478 bits per heavy atom. The van der Waals surface area contributed by atoms with Gasteiger partial charge in [-0.2, -0.15) is 0 Å². The highest BCUT2D eigenvalue weighted by Crippen LogP contribution is 2.26. The smallest absolute Gasteiger partial charge is 0.306 e. The molecule has 15 heteroatoms. The van der Waals surface area contributed by atoms with Crippen molar-refractivity contribution in [3.8, 4) is 0 Å². The van der Waals surface area contributed by atoms with Crippen molar-refractivity contribution in [3.63, 3.8) is 0 Å². The van der Waals surface area contributed by atoms with Gasteiger partial charge in [-0.15, -0.1) is 0 Å². The Kier molecular flexibility index (Phi) is 36.4. The third-order valence-electron chi connectivity index (χ3n) is 11.9. The van der Waals surface area contributed by atoms with Gasteiger partial charge in [0.05, 0.1) is 19.8 Å². The summed E-state index contributed by atoms with van der Waals surface area (Å²) in [7, 11) is 0. The summed E-state index contributed by atoms with van der Waals surface area (Å²) in [4.78, 5) is 25.8. The number of esters is 2. The number of hydrogen-bond acceptors (Lipinski definition) is 15. The van der Waals surface area contributed by atoms with Crippen molar-refractivity contribution in [2.24, 2.45) is 0 Å². The van der Waals surface area contributed by atoms with Crippen molar-refractivity contribution in [3.05, 3.63) is 72.9 Å². The van der Waals surface area contributed by atoms with Crippen LogP contribution in [0.4, 0.5) is 0 Å². The molecule has 0 spiro atoms. The molecule has 0 aromatic heterocycles. The largest absolute Gasteiger partial charge is 0.462 e. The van der Waals surface area contributed by atoms with E-state index in [1.54, 1.807) is 0 Å². The van der Waals surface area contributed by atoms with Crippen LogP contribution in [0.1, 0.15) is 162 Å². The van der Waals surface area contributed by atoms with Gasteiger partial charge in [0.2, 0.25) is 0 Å². The summed E-state index contributed by atoms with van der Waals surface area (Å²) < 4.78 is 33.5. The van der Waals surface area contributed by atoms with Crippen molar-refractivity contribution < 1.29 is 73.8 Å². The molecule has 2 aliphatic heterocycles. The Balaban J connectivity index is 1.83. The Morgan fingerprint density at radius 2 is 0.913 bits per heavy atom. The second-order valence-corrected chi connectivity index (χ2v) is 18.0. The molecule has 2 saturated heterocycles. The van der Waals surface area contributed by atoms with Crippen LogP contribution in [0.3, 0.4) is 0 Å². The van der Waals surface area contributed by atoms with Gasteiger partial charge in [0, 0.05) is 12.8 Å². The summed E-state index contributed by atoms with van der Waals surface area (Å²) in [6, 6.07) is 0. The van der Waals surface area contributed by atoms with Gasteiger partial charge in [0.15, 0.2) is 18.7 Å². The molecule has 11 unspecified atom stereocenters. The molecule has 0 aromatic carbocycles. The van der Waals surface area contributed by atoms with Crippen molar-refractivity contribution >= 4 is 11.9 Å². The van der Waals surface area contributed by atoms with E-state index in [1.807, 2.05) is 0 Å². The lowest BCUT2D eigenvalue weighted by Crippen LogP contribution is -2.61. The Hall–Kier alpha value is -3.06. The number of aliphatic hydroxyl groups is 7. The molecule has 396 valence electrons. The monoisotopic (exact) mass is 979 g/mol. The summed E-state index contributed by atoms with van der Waals surface area (Å²) >= 11 is 0. The zero-order valence-electron chi connectivity index (χ0n) is 41.8. The van der Waals surface area contributed by atoms with Crippen LogP contribution in [-0.2, 0) is 38.0 Å². The van der Waals surface area contributed by atoms with Crippen LogP contribution in [0.5, 0.6) is 0 Å². The average Bonchev–Trinajstić information content (AvgIpc) is 3.34. The molecule has 11 atom stereocenters. The number of allylic oxidation sites excluding steroid dienone is 12. The third kappa shape index (κ3) is 28.5. The standard InChI is InChI=1S/C54H90O15/c1-3-5-7-9-11-13-15-17-19-20-21-22-23-25-27-29-31-33-35-37-46(57)67-42(39-64-45(56)36-34-32-30-28-26-24-18-16-14-12-10-8-6-4-2)40-65-53-52(63)50(61)48(59)44(69-53)41-66-54-51(62)49(60)47(58)43(38-55)68-54/h5,7,11,13,16-19,21-22,25,27,42-44,47-55,58-63H,3-4,6,8-10,12,14-15,20,23-24,26,28-41H2,1-2H3/b7-5-,13-11-,18-16-,19-17-,22-21-,27-25-. The van der Waals surface area contributed by atoms with Gasteiger partial charge < -0.3 is 64.2 Å². The predicted octanol–water partition coefficient (Wildman–Crippen LogP) is 7.43. The maximum Gasteiger partial charge on any atom is 0.306 e. The summed E-state index contributed by atoms with van der Waals surface area (Å²) in [5.74, 6) is -0.978. The minimum Gasteiger partial charge on any atom is -0.462 e. The molecule has 7 N–H and O–H groups in total. The topological polar surface area (TPSA) is 231 Å². The quantitative estimate of drug-likeness (QED) is 0.0180. The molecule has 15 nitrogen and oxygen atoms in total. The van der Waals surface area contributed by atoms with Gasteiger partial charge in [0.1, 0.15) is 55.4 Å². The summed E-state index contributed by atoms with van der Waals surface area (Å²) in [5, 5.41) is 72.1. The van der Waals surface area contributed by atoms with Crippen LogP contribution in [0, 0.1) is 0 Å².